The summed E-state index contributed by atoms with van der Waals surface area (Å²) in [7, 11) is 0. The average Bonchev–Trinajstić information content (AvgIpc) is 2.29. The zero-order chi connectivity index (χ0) is 12.1. The molecule has 0 amide bonds. The smallest absolute Gasteiger partial charge is 0.0568 e. The lowest BCUT2D eigenvalue weighted by Gasteiger charge is -2.20. The maximum absolute atomic E-state index is 9.27. The topological polar surface area (TPSA) is 46.2 Å². The molecule has 0 saturated heterocycles. The van der Waals surface area contributed by atoms with Gasteiger partial charge in [0.25, 0.3) is 0 Å². The number of aliphatic hydroxyl groups is 1. The lowest BCUT2D eigenvalue weighted by atomic mass is 10.2. The van der Waals surface area contributed by atoms with Gasteiger partial charge in [-0.15, -0.1) is 11.8 Å². The molecule has 0 aliphatic rings. The van der Waals surface area contributed by atoms with E-state index in [0.29, 0.717) is 10.0 Å². The number of hydrogen-bond acceptors (Lipinski definition) is 3. The number of nitrogens with two attached hydrogens (primary N) is 1. The minimum Gasteiger partial charge on any atom is -0.395 e. The molecule has 0 spiro atoms. The maximum atomic E-state index is 9.27. The number of thioether (sulfide) groups is 1. The van der Waals surface area contributed by atoms with Crippen molar-refractivity contribution in [2.75, 3.05) is 6.61 Å². The molecule has 0 aliphatic carbocycles. The van der Waals surface area contributed by atoms with E-state index in [4.69, 9.17) is 28.9 Å². The van der Waals surface area contributed by atoms with E-state index in [1.165, 1.54) is 11.8 Å². The van der Waals surface area contributed by atoms with Gasteiger partial charge in [0, 0.05) is 21.2 Å². The summed E-state index contributed by atoms with van der Waals surface area (Å²) in [6.07, 6.45) is 0.816. The third kappa shape index (κ3) is 3.82. The zero-order valence-electron chi connectivity index (χ0n) is 8.99. The van der Waals surface area contributed by atoms with Gasteiger partial charge in [-0.2, -0.15) is 0 Å². The van der Waals surface area contributed by atoms with Gasteiger partial charge < -0.3 is 10.8 Å². The fourth-order valence-electron chi connectivity index (χ4n) is 1.25. The summed E-state index contributed by atoms with van der Waals surface area (Å²) in [6, 6.07) is 5.23. The van der Waals surface area contributed by atoms with Crippen molar-refractivity contribution < 1.29 is 5.11 Å². The first-order valence-corrected chi connectivity index (χ1v) is 6.70. The largest absolute Gasteiger partial charge is 0.395 e. The van der Waals surface area contributed by atoms with E-state index >= 15 is 0 Å². The Morgan fingerprint density at radius 2 is 2.12 bits per heavy atom. The predicted octanol–water partition coefficient (Wildman–Crippen LogP) is 3.18. The molecule has 16 heavy (non-hydrogen) atoms. The van der Waals surface area contributed by atoms with Crippen LogP contribution in [0.5, 0.6) is 0 Å². The van der Waals surface area contributed by atoms with Crippen molar-refractivity contribution in [3.8, 4) is 0 Å². The molecule has 0 aliphatic heterocycles. The maximum Gasteiger partial charge on any atom is 0.0568 e. The van der Waals surface area contributed by atoms with Crippen molar-refractivity contribution >= 4 is 35.0 Å². The molecule has 0 fully saturated rings. The SMILES string of the molecule is CCC(N)C(CO)Sc1cc(Cl)ccc1Cl. The summed E-state index contributed by atoms with van der Waals surface area (Å²) in [5.41, 5.74) is 5.91. The Kier molecular flexibility index (Phi) is 5.94. The molecule has 0 radical (unpaired) electrons. The van der Waals surface area contributed by atoms with Crippen LogP contribution >= 0.6 is 35.0 Å². The van der Waals surface area contributed by atoms with Crippen LogP contribution in [0.4, 0.5) is 0 Å². The highest BCUT2D eigenvalue weighted by Crippen LogP contribution is 2.33. The molecule has 0 aromatic heterocycles. The van der Waals surface area contributed by atoms with Crippen LogP contribution in [-0.2, 0) is 0 Å². The molecular formula is C11H15Cl2NOS. The van der Waals surface area contributed by atoms with Crippen molar-refractivity contribution in [1.29, 1.82) is 0 Å². The predicted molar refractivity (Wildman–Crippen MR) is 71.5 cm³/mol. The fourth-order valence-corrected chi connectivity index (χ4v) is 2.89. The van der Waals surface area contributed by atoms with Crippen molar-refractivity contribution in [3.63, 3.8) is 0 Å². The van der Waals surface area contributed by atoms with E-state index in [1.54, 1.807) is 18.2 Å². The molecule has 1 aromatic rings. The number of aliphatic hydroxyl groups excluding tert-OH is 1. The molecule has 2 unspecified atom stereocenters. The number of benzene rings is 1. The minimum absolute atomic E-state index is 0.0303. The summed E-state index contributed by atoms with van der Waals surface area (Å²) in [6.45, 7) is 2.02. The van der Waals surface area contributed by atoms with E-state index in [1.807, 2.05) is 6.92 Å². The van der Waals surface area contributed by atoms with Crippen LogP contribution in [0.1, 0.15) is 13.3 Å². The number of hydrogen-bond donors (Lipinski definition) is 2. The molecule has 0 bridgehead atoms. The van der Waals surface area contributed by atoms with Gasteiger partial charge in [-0.3, -0.25) is 0 Å². The fraction of sp³-hybridized carbons (Fsp3) is 0.455. The second-order valence-corrected chi connectivity index (χ2v) is 5.61. The highest BCUT2D eigenvalue weighted by molar-refractivity contribution is 8.00. The second kappa shape index (κ2) is 6.72. The molecule has 5 heteroatoms. The summed E-state index contributed by atoms with van der Waals surface area (Å²) in [4.78, 5) is 0.858. The van der Waals surface area contributed by atoms with Gasteiger partial charge in [0.1, 0.15) is 0 Å². The molecule has 0 saturated carbocycles. The first kappa shape index (κ1) is 14.1. The quantitative estimate of drug-likeness (QED) is 0.814. The van der Waals surface area contributed by atoms with Crippen LogP contribution in [0, 0.1) is 0 Å². The highest BCUT2D eigenvalue weighted by Gasteiger charge is 2.18. The first-order valence-electron chi connectivity index (χ1n) is 5.06. The van der Waals surface area contributed by atoms with Gasteiger partial charge >= 0.3 is 0 Å². The molecule has 90 valence electrons. The second-order valence-electron chi connectivity index (χ2n) is 3.49. The van der Waals surface area contributed by atoms with E-state index in [0.717, 1.165) is 11.3 Å². The van der Waals surface area contributed by atoms with Gasteiger partial charge in [0.15, 0.2) is 0 Å². The Labute approximate surface area is 110 Å². The summed E-state index contributed by atoms with van der Waals surface area (Å²) in [5, 5.41) is 10.5. The summed E-state index contributed by atoms with van der Waals surface area (Å²) in [5.74, 6) is 0. The third-order valence-corrected chi connectivity index (χ3v) is 4.37. The van der Waals surface area contributed by atoms with Gasteiger partial charge in [-0.25, -0.2) is 0 Å². The molecule has 1 aromatic carbocycles. The summed E-state index contributed by atoms with van der Waals surface area (Å²) < 4.78 is 0. The third-order valence-electron chi connectivity index (χ3n) is 2.30. The molecule has 2 atom stereocenters. The van der Waals surface area contributed by atoms with E-state index in [9.17, 15) is 5.11 Å². The van der Waals surface area contributed by atoms with Crippen molar-refractivity contribution in [1.82, 2.24) is 0 Å². The standard InChI is InChI=1S/C11H15Cl2NOS/c1-2-9(14)11(6-15)16-10-5-7(12)3-4-8(10)13/h3-5,9,11,15H,2,6,14H2,1H3. The minimum atomic E-state index is -0.0547. The molecule has 2 nitrogen and oxygen atoms in total. The van der Waals surface area contributed by atoms with Crippen molar-refractivity contribution in [2.24, 2.45) is 5.73 Å². The molecule has 1 rings (SSSR count). The van der Waals surface area contributed by atoms with Crippen LogP contribution < -0.4 is 5.73 Å². The summed E-state index contributed by atoms with van der Waals surface area (Å²) >= 11 is 13.4. The van der Waals surface area contributed by atoms with Crippen LogP contribution in [0.3, 0.4) is 0 Å². The first-order chi connectivity index (χ1) is 7.58. The normalized spacial score (nSPS) is 14.8. The lowest BCUT2D eigenvalue weighted by Crippen LogP contribution is -2.34. The van der Waals surface area contributed by atoms with Crippen LogP contribution in [0.2, 0.25) is 10.0 Å². The molecular weight excluding hydrogens is 265 g/mol. The monoisotopic (exact) mass is 279 g/mol. The Hall–Kier alpha value is 0.0700. The van der Waals surface area contributed by atoms with Crippen LogP contribution in [-0.4, -0.2) is 23.0 Å². The Morgan fingerprint density at radius 3 is 2.69 bits per heavy atom. The zero-order valence-corrected chi connectivity index (χ0v) is 11.3. The van der Waals surface area contributed by atoms with Crippen LogP contribution in [0.15, 0.2) is 23.1 Å². The average molecular weight is 280 g/mol. The van der Waals surface area contributed by atoms with Crippen molar-refractivity contribution in [2.45, 2.75) is 29.5 Å². The number of rotatable bonds is 5. The highest BCUT2D eigenvalue weighted by atomic mass is 35.5. The van der Waals surface area contributed by atoms with Gasteiger partial charge in [0.2, 0.25) is 0 Å². The Morgan fingerprint density at radius 1 is 1.44 bits per heavy atom. The van der Waals surface area contributed by atoms with Crippen molar-refractivity contribution in [3.05, 3.63) is 28.2 Å². The van der Waals surface area contributed by atoms with E-state index < -0.39 is 0 Å². The van der Waals surface area contributed by atoms with Gasteiger partial charge in [-0.05, 0) is 24.6 Å². The Balaban J connectivity index is 2.81. The van der Waals surface area contributed by atoms with Gasteiger partial charge in [0.05, 0.1) is 11.6 Å². The van der Waals surface area contributed by atoms with E-state index in [-0.39, 0.29) is 17.9 Å². The molecule has 0 heterocycles. The Bertz CT molecular complexity index is 349. The van der Waals surface area contributed by atoms with Crippen LogP contribution in [0.25, 0.3) is 0 Å². The van der Waals surface area contributed by atoms with Gasteiger partial charge in [-0.1, -0.05) is 30.1 Å². The molecule has 3 N–H and O–H groups in total. The van der Waals surface area contributed by atoms with E-state index in [2.05, 4.69) is 0 Å². The number of halogens is 2. The lowest BCUT2D eigenvalue weighted by molar-refractivity contribution is 0.281.